The number of H-pyrrole nitrogens is 1. The SMILES string of the molecule is COc1ccc(-c2[nH]c3ccc(C(C)C)cc3c2CC(=O)O)cc1. The van der Waals surface area contributed by atoms with E-state index in [-0.39, 0.29) is 6.42 Å². The number of benzene rings is 2. The molecular weight excluding hydrogens is 302 g/mol. The standard InChI is InChI=1S/C20H21NO3/c1-12(2)14-6-9-18-16(10-14)17(11-19(22)23)20(21-18)13-4-7-15(24-3)8-5-13/h4-10,12,21H,11H2,1-3H3,(H,22,23). The number of nitrogens with one attached hydrogen (secondary N) is 1. The molecule has 0 fully saturated rings. The topological polar surface area (TPSA) is 62.3 Å². The van der Waals surface area contributed by atoms with Crippen LogP contribution in [-0.4, -0.2) is 23.2 Å². The van der Waals surface area contributed by atoms with Gasteiger partial charge in [-0.25, -0.2) is 0 Å². The molecule has 0 radical (unpaired) electrons. The summed E-state index contributed by atoms with van der Waals surface area (Å²) in [5, 5.41) is 10.3. The van der Waals surface area contributed by atoms with Gasteiger partial charge in [-0.1, -0.05) is 19.9 Å². The molecule has 124 valence electrons. The van der Waals surface area contributed by atoms with Crippen molar-refractivity contribution in [1.82, 2.24) is 4.98 Å². The molecular formula is C20H21NO3. The molecule has 1 aromatic heterocycles. The second-order valence-electron chi connectivity index (χ2n) is 6.24. The minimum absolute atomic E-state index is 0.0110. The molecule has 0 saturated carbocycles. The van der Waals surface area contributed by atoms with Crippen LogP contribution in [0.2, 0.25) is 0 Å². The highest BCUT2D eigenvalue weighted by molar-refractivity contribution is 5.94. The lowest BCUT2D eigenvalue weighted by molar-refractivity contribution is -0.136. The van der Waals surface area contributed by atoms with E-state index >= 15 is 0 Å². The van der Waals surface area contributed by atoms with Crippen molar-refractivity contribution in [3.63, 3.8) is 0 Å². The molecule has 0 atom stereocenters. The van der Waals surface area contributed by atoms with E-state index in [1.807, 2.05) is 30.3 Å². The third-order valence-corrected chi connectivity index (χ3v) is 4.30. The Morgan fingerprint density at radius 3 is 2.46 bits per heavy atom. The number of carbonyl (C=O) groups is 1. The quantitative estimate of drug-likeness (QED) is 0.721. The molecule has 4 heteroatoms. The summed E-state index contributed by atoms with van der Waals surface area (Å²) < 4.78 is 5.20. The number of aromatic amines is 1. The average Bonchev–Trinajstić information content (AvgIpc) is 2.92. The molecule has 1 heterocycles. The number of hydrogen-bond donors (Lipinski definition) is 2. The van der Waals surface area contributed by atoms with E-state index in [0.29, 0.717) is 5.92 Å². The van der Waals surface area contributed by atoms with E-state index in [1.54, 1.807) is 7.11 Å². The van der Waals surface area contributed by atoms with Crippen molar-refractivity contribution in [2.75, 3.05) is 7.11 Å². The lowest BCUT2D eigenvalue weighted by Gasteiger charge is -2.06. The number of ether oxygens (including phenoxy) is 1. The van der Waals surface area contributed by atoms with Gasteiger partial charge in [0.2, 0.25) is 0 Å². The molecule has 3 aromatic rings. The van der Waals surface area contributed by atoms with E-state index in [1.165, 1.54) is 5.56 Å². The van der Waals surface area contributed by atoms with Gasteiger partial charge in [-0.2, -0.15) is 0 Å². The van der Waals surface area contributed by atoms with Crippen molar-refractivity contribution in [2.24, 2.45) is 0 Å². The van der Waals surface area contributed by atoms with Gasteiger partial charge >= 0.3 is 5.97 Å². The Hall–Kier alpha value is -2.75. The van der Waals surface area contributed by atoms with Gasteiger partial charge in [0.05, 0.1) is 19.2 Å². The molecule has 2 aromatic carbocycles. The predicted molar refractivity (Wildman–Crippen MR) is 95.7 cm³/mol. The molecule has 2 N–H and O–H groups in total. The van der Waals surface area contributed by atoms with Crippen LogP contribution < -0.4 is 4.74 Å². The fourth-order valence-electron chi connectivity index (χ4n) is 2.96. The second-order valence-corrected chi connectivity index (χ2v) is 6.24. The van der Waals surface area contributed by atoms with Gasteiger partial charge in [-0.3, -0.25) is 4.79 Å². The summed E-state index contributed by atoms with van der Waals surface area (Å²) in [7, 11) is 1.63. The monoisotopic (exact) mass is 323 g/mol. The van der Waals surface area contributed by atoms with Crippen molar-refractivity contribution in [2.45, 2.75) is 26.2 Å². The van der Waals surface area contributed by atoms with E-state index < -0.39 is 5.97 Å². The van der Waals surface area contributed by atoms with Crippen LogP contribution in [0.3, 0.4) is 0 Å². The molecule has 0 amide bonds. The van der Waals surface area contributed by atoms with Crippen LogP contribution in [0.5, 0.6) is 5.75 Å². The molecule has 0 aliphatic heterocycles. The molecule has 0 spiro atoms. The van der Waals surface area contributed by atoms with Crippen LogP contribution >= 0.6 is 0 Å². The number of hydrogen-bond acceptors (Lipinski definition) is 2. The maximum absolute atomic E-state index is 11.4. The normalized spacial score (nSPS) is 11.2. The summed E-state index contributed by atoms with van der Waals surface area (Å²) in [5.74, 6) is 0.337. The first-order chi connectivity index (χ1) is 11.5. The Labute approximate surface area is 141 Å². The highest BCUT2D eigenvalue weighted by atomic mass is 16.5. The molecule has 0 aliphatic carbocycles. The minimum Gasteiger partial charge on any atom is -0.497 e. The molecule has 0 unspecified atom stereocenters. The Morgan fingerprint density at radius 1 is 1.17 bits per heavy atom. The summed E-state index contributed by atoms with van der Waals surface area (Å²) >= 11 is 0. The number of aliphatic carboxylic acids is 1. The first-order valence-electron chi connectivity index (χ1n) is 8.00. The predicted octanol–water partition coefficient (Wildman–Crippen LogP) is 4.59. The molecule has 0 aliphatic rings. The van der Waals surface area contributed by atoms with Gasteiger partial charge in [0, 0.05) is 10.9 Å². The van der Waals surface area contributed by atoms with E-state index in [9.17, 15) is 9.90 Å². The zero-order valence-electron chi connectivity index (χ0n) is 14.1. The highest BCUT2D eigenvalue weighted by Crippen LogP contribution is 2.33. The van der Waals surface area contributed by atoms with E-state index in [0.717, 1.165) is 33.5 Å². The largest absolute Gasteiger partial charge is 0.497 e. The Morgan fingerprint density at radius 2 is 1.88 bits per heavy atom. The maximum Gasteiger partial charge on any atom is 0.307 e. The number of methoxy groups -OCH3 is 1. The third-order valence-electron chi connectivity index (χ3n) is 4.30. The zero-order chi connectivity index (χ0) is 17.3. The molecule has 24 heavy (non-hydrogen) atoms. The van der Waals surface area contributed by atoms with Crippen molar-refractivity contribution < 1.29 is 14.6 Å². The Bertz CT molecular complexity index is 876. The summed E-state index contributed by atoms with van der Waals surface area (Å²) in [4.78, 5) is 14.8. The van der Waals surface area contributed by atoms with Crippen LogP contribution in [0.25, 0.3) is 22.2 Å². The van der Waals surface area contributed by atoms with Crippen molar-refractivity contribution in [3.05, 3.63) is 53.6 Å². The van der Waals surface area contributed by atoms with Gasteiger partial charge in [0.25, 0.3) is 0 Å². The van der Waals surface area contributed by atoms with Crippen LogP contribution in [-0.2, 0) is 11.2 Å². The highest BCUT2D eigenvalue weighted by Gasteiger charge is 2.17. The smallest absolute Gasteiger partial charge is 0.307 e. The average molecular weight is 323 g/mol. The Balaban J connectivity index is 2.19. The van der Waals surface area contributed by atoms with Gasteiger partial charge in [0.1, 0.15) is 5.75 Å². The summed E-state index contributed by atoms with van der Waals surface area (Å²) in [5.41, 5.74) is 4.80. The van der Waals surface area contributed by atoms with Crippen LogP contribution in [0.4, 0.5) is 0 Å². The molecule has 4 nitrogen and oxygen atoms in total. The number of carboxylic acids is 1. The number of rotatable bonds is 5. The maximum atomic E-state index is 11.4. The molecule has 0 bridgehead atoms. The van der Waals surface area contributed by atoms with Crippen molar-refractivity contribution >= 4 is 16.9 Å². The molecule has 3 rings (SSSR count). The van der Waals surface area contributed by atoms with Crippen LogP contribution in [0.1, 0.15) is 30.9 Å². The Kier molecular flexibility index (Phi) is 4.30. The number of carboxylic acid groups (broad SMARTS) is 1. The fraction of sp³-hybridized carbons (Fsp3) is 0.250. The molecule has 0 saturated heterocycles. The van der Waals surface area contributed by atoms with Crippen LogP contribution in [0, 0.1) is 0 Å². The van der Waals surface area contributed by atoms with E-state index in [2.05, 4.69) is 31.0 Å². The zero-order valence-corrected chi connectivity index (χ0v) is 14.1. The van der Waals surface area contributed by atoms with Crippen molar-refractivity contribution in [1.29, 1.82) is 0 Å². The fourth-order valence-corrected chi connectivity index (χ4v) is 2.96. The van der Waals surface area contributed by atoms with E-state index in [4.69, 9.17) is 4.74 Å². The van der Waals surface area contributed by atoms with Gasteiger partial charge in [-0.15, -0.1) is 0 Å². The summed E-state index contributed by atoms with van der Waals surface area (Å²) in [6, 6.07) is 13.9. The lowest BCUT2D eigenvalue weighted by atomic mass is 9.98. The first-order valence-corrected chi connectivity index (χ1v) is 8.00. The van der Waals surface area contributed by atoms with Gasteiger partial charge < -0.3 is 14.8 Å². The van der Waals surface area contributed by atoms with Crippen molar-refractivity contribution in [3.8, 4) is 17.0 Å². The minimum atomic E-state index is -0.833. The van der Waals surface area contributed by atoms with Gasteiger partial charge in [-0.05, 0) is 59.0 Å². The number of fused-ring (bicyclic) bond motifs is 1. The second kappa shape index (κ2) is 6.40. The summed E-state index contributed by atoms with van der Waals surface area (Å²) in [6.07, 6.45) is -0.0110. The summed E-state index contributed by atoms with van der Waals surface area (Å²) in [6.45, 7) is 4.27. The number of aromatic nitrogens is 1. The third kappa shape index (κ3) is 3.00. The first kappa shape index (κ1) is 16.1. The lowest BCUT2D eigenvalue weighted by Crippen LogP contribution is -2.01. The van der Waals surface area contributed by atoms with Crippen LogP contribution in [0.15, 0.2) is 42.5 Å². The van der Waals surface area contributed by atoms with Gasteiger partial charge in [0.15, 0.2) is 0 Å².